The summed E-state index contributed by atoms with van der Waals surface area (Å²) >= 11 is 3.61. The average Bonchev–Trinajstić information content (AvgIpc) is 3.50. The van der Waals surface area contributed by atoms with Crippen LogP contribution in [0.2, 0.25) is 0 Å². The summed E-state index contributed by atoms with van der Waals surface area (Å²) in [5.74, 6) is 1.25. The Hall–Kier alpha value is -2.32. The molecule has 4 aliphatic rings. The van der Waals surface area contributed by atoms with Crippen molar-refractivity contribution in [3.8, 4) is 22.6 Å². The van der Waals surface area contributed by atoms with Crippen LogP contribution < -0.4 is 0 Å². The Bertz CT molecular complexity index is 1320. The molecule has 40 heavy (non-hydrogen) atoms. The first-order chi connectivity index (χ1) is 19.0. The number of halogens is 1. The van der Waals surface area contributed by atoms with Gasteiger partial charge in [0.1, 0.15) is 17.3 Å². The predicted molar refractivity (Wildman–Crippen MR) is 160 cm³/mol. The largest absolute Gasteiger partial charge is 0.438 e. The number of oxazole rings is 1. The number of ether oxygens (including phenoxy) is 2. The van der Waals surface area contributed by atoms with Gasteiger partial charge in [0.15, 0.2) is 11.5 Å². The predicted octanol–water partition coefficient (Wildman–Crippen LogP) is 7.61. The van der Waals surface area contributed by atoms with Gasteiger partial charge in [0, 0.05) is 28.6 Å². The van der Waals surface area contributed by atoms with Crippen molar-refractivity contribution < 1.29 is 19.0 Å². The van der Waals surface area contributed by atoms with E-state index in [-0.39, 0.29) is 23.5 Å². The van der Waals surface area contributed by atoms with E-state index in [9.17, 15) is 5.11 Å². The fourth-order valence-corrected chi connectivity index (χ4v) is 7.60. The molecule has 1 saturated heterocycles. The van der Waals surface area contributed by atoms with Crippen molar-refractivity contribution in [3.63, 3.8) is 0 Å². The molecule has 2 heterocycles. The maximum absolute atomic E-state index is 11.8. The summed E-state index contributed by atoms with van der Waals surface area (Å²) in [7, 11) is 0. The van der Waals surface area contributed by atoms with Gasteiger partial charge in [-0.2, -0.15) is 0 Å². The smallest absolute Gasteiger partial charge is 0.220 e. The highest BCUT2D eigenvalue weighted by Crippen LogP contribution is 2.62. The van der Waals surface area contributed by atoms with Gasteiger partial charge in [-0.1, -0.05) is 90.4 Å². The summed E-state index contributed by atoms with van der Waals surface area (Å²) in [6.07, 6.45) is 2.00. The Morgan fingerprint density at radius 1 is 0.950 bits per heavy atom. The van der Waals surface area contributed by atoms with E-state index in [0.29, 0.717) is 29.3 Å². The van der Waals surface area contributed by atoms with Crippen LogP contribution in [0.15, 0.2) is 70.1 Å². The minimum absolute atomic E-state index is 0.107. The van der Waals surface area contributed by atoms with Crippen LogP contribution in [0.5, 0.6) is 0 Å². The van der Waals surface area contributed by atoms with Gasteiger partial charge in [0.25, 0.3) is 0 Å². The number of aliphatic hydroxyl groups is 1. The number of rotatable bonds is 7. The number of benzene rings is 2. The zero-order chi connectivity index (χ0) is 28.3. The second-order valence-corrected chi connectivity index (χ2v) is 13.5. The number of alkyl halides is 1. The minimum Gasteiger partial charge on any atom is -0.438 e. The van der Waals surface area contributed by atoms with Crippen LogP contribution in [0.25, 0.3) is 22.6 Å². The fraction of sp³-hybridized carbons (Fsp3) is 0.515. The molecular formula is C33H39BrN2O4. The molecule has 7 heteroatoms. The van der Waals surface area contributed by atoms with Gasteiger partial charge < -0.3 is 19.0 Å². The molecule has 6 atom stereocenters. The van der Waals surface area contributed by atoms with Crippen LogP contribution >= 0.6 is 15.9 Å². The molecule has 6 nitrogen and oxygen atoms in total. The lowest BCUT2D eigenvalue weighted by molar-refractivity contribution is -0.145. The first kappa shape index (κ1) is 27.8. The van der Waals surface area contributed by atoms with Crippen LogP contribution in [0, 0.1) is 17.3 Å². The lowest BCUT2D eigenvalue weighted by Crippen LogP contribution is -2.64. The molecular weight excluding hydrogens is 568 g/mol. The van der Waals surface area contributed by atoms with E-state index in [1.54, 1.807) is 0 Å². The zero-order valence-electron chi connectivity index (χ0n) is 23.9. The van der Waals surface area contributed by atoms with E-state index >= 15 is 0 Å². The lowest BCUT2D eigenvalue weighted by Gasteiger charge is -2.62. The Balaban J connectivity index is 1.45. The van der Waals surface area contributed by atoms with Crippen molar-refractivity contribution in [1.82, 2.24) is 4.98 Å². The molecule has 0 radical (unpaired) electrons. The van der Waals surface area contributed by atoms with E-state index in [0.717, 1.165) is 35.4 Å². The molecule has 0 unspecified atom stereocenters. The first-order valence-electron chi connectivity index (χ1n) is 14.3. The highest BCUT2D eigenvalue weighted by molar-refractivity contribution is 9.09. The van der Waals surface area contributed by atoms with Gasteiger partial charge in [0.05, 0.1) is 12.2 Å². The molecule has 7 rings (SSSR count). The van der Waals surface area contributed by atoms with Crippen LogP contribution in [0.1, 0.15) is 65.8 Å². The first-order valence-corrected chi connectivity index (χ1v) is 15.4. The van der Waals surface area contributed by atoms with Gasteiger partial charge in [-0.25, -0.2) is 4.98 Å². The van der Waals surface area contributed by atoms with Gasteiger partial charge >= 0.3 is 0 Å². The molecule has 1 N–H and O–H groups in total. The highest BCUT2D eigenvalue weighted by atomic mass is 79.9. The van der Waals surface area contributed by atoms with Gasteiger partial charge in [-0.15, -0.1) is 0 Å². The van der Waals surface area contributed by atoms with Crippen LogP contribution in [-0.2, 0) is 9.47 Å². The molecule has 0 amide bonds. The third kappa shape index (κ3) is 4.89. The average molecular weight is 608 g/mol. The van der Waals surface area contributed by atoms with Crippen molar-refractivity contribution in [2.75, 3.05) is 5.33 Å². The molecule has 0 spiro atoms. The Morgan fingerprint density at radius 3 is 2.17 bits per heavy atom. The third-order valence-electron chi connectivity index (χ3n) is 9.39. The molecule has 3 aromatic rings. The zero-order valence-corrected chi connectivity index (χ0v) is 25.5. The Kier molecular flexibility index (Phi) is 7.09. The Labute approximate surface area is 245 Å². The van der Waals surface area contributed by atoms with Gasteiger partial charge in [-0.3, -0.25) is 4.99 Å². The van der Waals surface area contributed by atoms with Crippen molar-refractivity contribution in [2.24, 2.45) is 22.2 Å². The summed E-state index contributed by atoms with van der Waals surface area (Å²) in [6.45, 7) is 10.4. The summed E-state index contributed by atoms with van der Waals surface area (Å²) in [5.41, 5.74) is 2.69. The van der Waals surface area contributed by atoms with Crippen LogP contribution in [-0.4, -0.2) is 44.7 Å². The van der Waals surface area contributed by atoms with Crippen molar-refractivity contribution in [1.29, 1.82) is 0 Å². The second kappa shape index (κ2) is 10.2. The summed E-state index contributed by atoms with van der Waals surface area (Å²) in [5, 5.41) is 12.4. The Morgan fingerprint density at radius 2 is 1.57 bits per heavy atom. The molecule has 3 saturated carbocycles. The van der Waals surface area contributed by atoms with Crippen molar-refractivity contribution in [2.45, 2.75) is 83.5 Å². The fourth-order valence-electron chi connectivity index (χ4n) is 7.05. The van der Waals surface area contributed by atoms with Crippen molar-refractivity contribution >= 4 is 21.6 Å². The molecule has 1 aliphatic heterocycles. The summed E-state index contributed by atoms with van der Waals surface area (Å²) in [4.78, 5) is 10.4. The highest BCUT2D eigenvalue weighted by Gasteiger charge is 2.61. The molecule has 4 fully saturated rings. The monoisotopic (exact) mass is 606 g/mol. The van der Waals surface area contributed by atoms with E-state index < -0.39 is 17.4 Å². The normalized spacial score (nSPS) is 32.1. The number of hydrogen-bond acceptors (Lipinski definition) is 6. The van der Waals surface area contributed by atoms with Crippen LogP contribution in [0.3, 0.4) is 0 Å². The molecule has 3 aliphatic carbocycles. The van der Waals surface area contributed by atoms with Crippen molar-refractivity contribution in [3.05, 3.63) is 66.6 Å². The standard InChI is InChI=1S/C33H39BrN2O4/c1-31(2)22-16-26(31)33(5,37)27(17-22)35-23(18-24-25(19-34)40-32(3,4)39-24)30-36-28(20-12-8-6-9-13-20)29(38-30)21-14-10-7-11-15-21/h6-15,22-26,37H,16-19H2,1-5H3/t22-,23+,24+,25+,26-,33-/m1/s1. The minimum atomic E-state index is -0.977. The number of aliphatic imine (C=N–C) groups is 1. The van der Waals surface area contributed by atoms with Gasteiger partial charge in [0.2, 0.25) is 5.89 Å². The molecule has 212 valence electrons. The number of aromatic nitrogens is 1. The second-order valence-electron chi connectivity index (χ2n) is 12.8. The maximum atomic E-state index is 11.8. The quantitative estimate of drug-likeness (QED) is 0.280. The van der Waals surface area contributed by atoms with E-state index in [1.807, 2.05) is 81.4 Å². The molecule has 2 bridgehead atoms. The topological polar surface area (TPSA) is 77.1 Å². The number of hydrogen-bond donors (Lipinski definition) is 1. The van der Waals surface area contributed by atoms with E-state index in [1.165, 1.54) is 0 Å². The number of nitrogens with zero attached hydrogens (tertiary/aromatic N) is 2. The SMILES string of the molecule is CC1(C)O[C@@H](CBr)[C@H](C[C@H](N=C2C[C@H]3C[C@H](C3(C)C)[C@@]2(C)O)c2nc(-c3ccccc3)c(-c3ccccc3)o2)O1. The van der Waals surface area contributed by atoms with Crippen LogP contribution in [0.4, 0.5) is 0 Å². The summed E-state index contributed by atoms with van der Waals surface area (Å²) in [6, 6.07) is 19.8. The molecule has 1 aromatic heterocycles. The lowest BCUT2D eigenvalue weighted by atomic mass is 9.44. The van der Waals surface area contributed by atoms with E-state index in [4.69, 9.17) is 23.9 Å². The third-order valence-corrected chi connectivity index (χ3v) is 10.0. The summed E-state index contributed by atoms with van der Waals surface area (Å²) < 4.78 is 19.2. The maximum Gasteiger partial charge on any atom is 0.220 e. The van der Waals surface area contributed by atoms with Gasteiger partial charge in [-0.05, 0) is 50.9 Å². The van der Waals surface area contributed by atoms with E-state index in [2.05, 4.69) is 29.8 Å². The number of fused-ring (bicyclic) bond motifs is 2. The molecule has 2 aromatic carbocycles.